The van der Waals surface area contributed by atoms with Gasteiger partial charge in [-0.2, -0.15) is 5.10 Å². The van der Waals surface area contributed by atoms with Gasteiger partial charge in [0.25, 0.3) is 5.91 Å². The molecule has 0 spiro atoms. The van der Waals surface area contributed by atoms with Crippen LogP contribution in [0.3, 0.4) is 0 Å². The topological polar surface area (TPSA) is 63.8 Å². The third-order valence-electron chi connectivity index (χ3n) is 4.71. The number of para-hydroxylation sites is 1. The maximum atomic E-state index is 12.7. The molecular weight excluding hydrogens is 518 g/mol. The van der Waals surface area contributed by atoms with Crippen LogP contribution in [0.25, 0.3) is 11.3 Å². The maximum absolute atomic E-state index is 12.7. The molecule has 5 nitrogen and oxygen atoms in total. The lowest BCUT2D eigenvalue weighted by Gasteiger charge is -2.11. The molecule has 172 valence electrons. The summed E-state index contributed by atoms with van der Waals surface area (Å²) in [6.45, 7) is 0.171. The molecule has 1 aromatic heterocycles. The predicted octanol–water partition coefficient (Wildman–Crippen LogP) is 7.90. The molecule has 0 aliphatic rings. The number of rotatable bonds is 7. The van der Waals surface area contributed by atoms with Gasteiger partial charge in [0, 0.05) is 26.2 Å². The van der Waals surface area contributed by atoms with Gasteiger partial charge >= 0.3 is 0 Å². The van der Waals surface area contributed by atoms with Crippen molar-refractivity contribution in [2.45, 2.75) is 6.61 Å². The monoisotopic (exact) mass is 532 g/mol. The van der Waals surface area contributed by atoms with E-state index in [4.69, 9.17) is 55.6 Å². The molecule has 0 atom stereocenters. The van der Waals surface area contributed by atoms with Crippen molar-refractivity contribution in [3.05, 3.63) is 110 Å². The van der Waals surface area contributed by atoms with E-state index in [1.807, 2.05) is 0 Å². The van der Waals surface area contributed by atoms with Crippen LogP contribution >= 0.6 is 46.4 Å². The second-order valence-corrected chi connectivity index (χ2v) is 8.73. The number of benzene rings is 3. The lowest BCUT2D eigenvalue weighted by molar-refractivity contribution is 0.0950. The van der Waals surface area contributed by atoms with Crippen LogP contribution in [0.1, 0.15) is 21.7 Å². The fourth-order valence-electron chi connectivity index (χ4n) is 3.04. The number of hydrazone groups is 1. The van der Waals surface area contributed by atoms with Gasteiger partial charge in [0.1, 0.15) is 23.9 Å². The Morgan fingerprint density at radius 2 is 1.68 bits per heavy atom. The number of carbonyl (C=O) groups is 1. The molecule has 0 aliphatic carbocycles. The summed E-state index contributed by atoms with van der Waals surface area (Å²) in [4.78, 5) is 12.7. The molecule has 0 saturated heterocycles. The molecule has 4 aromatic rings. The SMILES string of the molecule is O=C(N/N=C/c1ccc(-c2cc(Cl)ccc2Cl)o1)c1ccccc1OCc1ccc(Cl)cc1Cl. The molecule has 0 saturated carbocycles. The number of furan rings is 1. The van der Waals surface area contributed by atoms with Crippen molar-refractivity contribution in [1.82, 2.24) is 5.43 Å². The van der Waals surface area contributed by atoms with Crippen molar-refractivity contribution in [3.63, 3.8) is 0 Å². The smallest absolute Gasteiger partial charge is 0.275 e. The molecule has 0 radical (unpaired) electrons. The van der Waals surface area contributed by atoms with E-state index in [9.17, 15) is 4.79 Å². The van der Waals surface area contributed by atoms with Crippen LogP contribution in [0.4, 0.5) is 0 Å². The van der Waals surface area contributed by atoms with Crippen LogP contribution in [-0.4, -0.2) is 12.1 Å². The molecule has 9 heteroatoms. The second-order valence-electron chi connectivity index (χ2n) is 7.05. The number of nitrogens with zero attached hydrogens (tertiary/aromatic N) is 1. The zero-order chi connectivity index (χ0) is 24.1. The first-order valence-corrected chi connectivity index (χ1v) is 11.5. The molecule has 0 bridgehead atoms. The number of ether oxygens (including phenoxy) is 1. The van der Waals surface area contributed by atoms with Crippen LogP contribution in [0.5, 0.6) is 5.75 Å². The lowest BCUT2D eigenvalue weighted by Crippen LogP contribution is -2.18. The van der Waals surface area contributed by atoms with Gasteiger partial charge < -0.3 is 9.15 Å². The fraction of sp³-hybridized carbons (Fsp3) is 0.0400. The van der Waals surface area contributed by atoms with E-state index >= 15 is 0 Å². The first-order chi connectivity index (χ1) is 16.4. The van der Waals surface area contributed by atoms with E-state index in [1.54, 1.807) is 72.8 Å². The van der Waals surface area contributed by atoms with Crippen LogP contribution in [0.2, 0.25) is 20.1 Å². The van der Waals surface area contributed by atoms with E-state index < -0.39 is 5.91 Å². The summed E-state index contributed by atoms with van der Waals surface area (Å²) in [5.41, 5.74) is 4.19. The summed E-state index contributed by atoms with van der Waals surface area (Å²) in [6.07, 6.45) is 1.39. The Hall–Kier alpha value is -2.96. The standard InChI is InChI=1S/C25H16Cl4N2O3/c26-16-7-9-21(28)20(11-16)24-10-8-18(34-24)13-30-31-25(32)19-3-1-2-4-23(19)33-14-15-5-6-17(27)12-22(15)29/h1-13H,14H2,(H,31,32)/b30-13+. The normalized spacial score (nSPS) is 11.1. The van der Waals surface area contributed by atoms with Crippen LogP contribution in [0, 0.1) is 0 Å². The van der Waals surface area contributed by atoms with Gasteiger partial charge in [0.15, 0.2) is 0 Å². The van der Waals surface area contributed by atoms with Gasteiger partial charge in [0.2, 0.25) is 0 Å². The molecule has 34 heavy (non-hydrogen) atoms. The Balaban J connectivity index is 1.42. The molecule has 3 aromatic carbocycles. The Morgan fingerprint density at radius 1 is 0.912 bits per heavy atom. The van der Waals surface area contributed by atoms with Crippen molar-refractivity contribution in [3.8, 4) is 17.1 Å². The molecule has 0 unspecified atom stereocenters. The van der Waals surface area contributed by atoms with Gasteiger partial charge in [-0.05, 0) is 54.6 Å². The maximum Gasteiger partial charge on any atom is 0.275 e. The van der Waals surface area contributed by atoms with E-state index in [2.05, 4.69) is 10.5 Å². The van der Waals surface area contributed by atoms with Crippen molar-refractivity contribution in [1.29, 1.82) is 0 Å². The van der Waals surface area contributed by atoms with Gasteiger partial charge in [-0.1, -0.05) is 64.6 Å². The third-order valence-corrected chi connectivity index (χ3v) is 5.86. The molecular formula is C25H16Cl4N2O3. The van der Waals surface area contributed by atoms with E-state index in [0.717, 1.165) is 5.56 Å². The number of halogens is 4. The van der Waals surface area contributed by atoms with Crippen LogP contribution < -0.4 is 10.2 Å². The highest BCUT2D eigenvalue weighted by Crippen LogP contribution is 2.31. The van der Waals surface area contributed by atoms with Crippen molar-refractivity contribution >= 4 is 58.5 Å². The number of nitrogens with one attached hydrogen (secondary N) is 1. The number of hydrogen-bond acceptors (Lipinski definition) is 4. The number of amides is 1. The van der Waals surface area contributed by atoms with Crippen LogP contribution in [0.15, 0.2) is 82.3 Å². The minimum atomic E-state index is -0.446. The van der Waals surface area contributed by atoms with E-state index in [1.165, 1.54) is 6.21 Å². The average molecular weight is 534 g/mol. The molecule has 1 N–H and O–H groups in total. The Kier molecular flexibility index (Phi) is 7.80. The summed E-state index contributed by atoms with van der Waals surface area (Å²) < 4.78 is 11.6. The molecule has 1 heterocycles. The Labute approximate surface area is 215 Å². The minimum absolute atomic E-state index is 0.171. The van der Waals surface area contributed by atoms with E-state index in [-0.39, 0.29) is 6.61 Å². The Morgan fingerprint density at radius 3 is 2.50 bits per heavy atom. The molecule has 4 rings (SSSR count). The zero-order valence-electron chi connectivity index (χ0n) is 17.4. The predicted molar refractivity (Wildman–Crippen MR) is 136 cm³/mol. The van der Waals surface area contributed by atoms with Gasteiger partial charge in [-0.3, -0.25) is 4.79 Å². The number of carbonyl (C=O) groups excluding carboxylic acids is 1. The Bertz CT molecular complexity index is 1370. The zero-order valence-corrected chi connectivity index (χ0v) is 20.4. The highest BCUT2D eigenvalue weighted by atomic mass is 35.5. The second kappa shape index (κ2) is 11.0. The summed E-state index contributed by atoms with van der Waals surface area (Å²) in [5, 5.41) is 6.04. The largest absolute Gasteiger partial charge is 0.488 e. The van der Waals surface area contributed by atoms with E-state index in [0.29, 0.717) is 48.5 Å². The van der Waals surface area contributed by atoms with Gasteiger partial charge in [0.05, 0.1) is 16.8 Å². The molecule has 0 aliphatic heterocycles. The quantitative estimate of drug-likeness (QED) is 0.194. The highest BCUT2D eigenvalue weighted by molar-refractivity contribution is 6.35. The summed E-state index contributed by atoms with van der Waals surface area (Å²) >= 11 is 24.4. The molecule has 1 amide bonds. The number of hydrogen-bond donors (Lipinski definition) is 1. The first kappa shape index (κ1) is 24.2. The molecule has 0 fully saturated rings. The minimum Gasteiger partial charge on any atom is -0.488 e. The average Bonchev–Trinajstić information content (AvgIpc) is 3.29. The lowest BCUT2D eigenvalue weighted by atomic mass is 10.2. The van der Waals surface area contributed by atoms with Crippen molar-refractivity contribution in [2.75, 3.05) is 0 Å². The van der Waals surface area contributed by atoms with Gasteiger partial charge in [-0.15, -0.1) is 0 Å². The van der Waals surface area contributed by atoms with Crippen molar-refractivity contribution in [2.24, 2.45) is 5.10 Å². The fourth-order valence-corrected chi connectivity index (χ4v) is 3.89. The van der Waals surface area contributed by atoms with Crippen molar-refractivity contribution < 1.29 is 13.9 Å². The summed E-state index contributed by atoms with van der Waals surface area (Å²) in [5.74, 6) is 0.893. The first-order valence-electron chi connectivity index (χ1n) is 9.95. The highest BCUT2D eigenvalue weighted by Gasteiger charge is 2.13. The summed E-state index contributed by atoms with van der Waals surface area (Å²) in [6, 6.07) is 20.5. The van der Waals surface area contributed by atoms with Gasteiger partial charge in [-0.25, -0.2) is 5.43 Å². The van der Waals surface area contributed by atoms with Crippen LogP contribution in [-0.2, 0) is 6.61 Å². The summed E-state index contributed by atoms with van der Waals surface area (Å²) in [7, 11) is 0. The third kappa shape index (κ3) is 5.93.